The molecule has 5 nitrogen and oxygen atoms in total. The smallest absolute Gasteiger partial charge is 0.328 e. The molecule has 1 N–H and O–H groups in total. The number of hydrogen-bond acceptors (Lipinski definition) is 3. The van der Waals surface area contributed by atoms with Crippen LogP contribution in [-0.4, -0.2) is 43.1 Å². The second-order valence-corrected chi connectivity index (χ2v) is 5.24. The molecule has 0 aromatic rings. The highest BCUT2D eigenvalue weighted by atomic mass is 16.5. The number of ether oxygens (including phenoxy) is 1. The summed E-state index contributed by atoms with van der Waals surface area (Å²) in [6.45, 7) is 5.50. The average molecular weight is 270 g/mol. The number of nitrogens with one attached hydrogen (secondary N) is 1. The molecule has 1 rings (SSSR count). The molecule has 2 amide bonds. The third-order valence-corrected chi connectivity index (χ3v) is 3.84. The Morgan fingerprint density at radius 3 is 2.26 bits per heavy atom. The number of methoxy groups -OCH3 is 1. The zero-order chi connectivity index (χ0) is 14.3. The monoisotopic (exact) mass is 270 g/mol. The molecule has 0 aliphatic carbocycles. The number of carbonyl (C=O) groups is 2. The maximum Gasteiger partial charge on any atom is 0.328 e. The quantitative estimate of drug-likeness (QED) is 0.796. The standard InChI is InChI=1S/C14H26N2O3/c1-4-11(2)12(13(17)19-3)15-14(18)16-9-7-5-6-8-10-16/h11-12H,4-10H2,1-3H3,(H,15,18)/t11-,12-/m0/s1. The van der Waals surface area contributed by atoms with Crippen molar-refractivity contribution in [3.05, 3.63) is 0 Å². The van der Waals surface area contributed by atoms with Gasteiger partial charge < -0.3 is 15.0 Å². The fourth-order valence-corrected chi connectivity index (χ4v) is 2.29. The zero-order valence-corrected chi connectivity index (χ0v) is 12.3. The van der Waals surface area contributed by atoms with Gasteiger partial charge in [0.15, 0.2) is 0 Å². The summed E-state index contributed by atoms with van der Waals surface area (Å²) in [6.07, 6.45) is 5.25. The number of hydrogen-bond donors (Lipinski definition) is 1. The summed E-state index contributed by atoms with van der Waals surface area (Å²) in [5.74, 6) is -0.291. The van der Waals surface area contributed by atoms with Crippen LogP contribution in [0.1, 0.15) is 46.0 Å². The minimum absolute atomic E-state index is 0.0726. The van der Waals surface area contributed by atoms with Gasteiger partial charge in [-0.15, -0.1) is 0 Å². The average Bonchev–Trinajstić information content (AvgIpc) is 2.71. The molecule has 1 aliphatic rings. The van der Waals surface area contributed by atoms with E-state index >= 15 is 0 Å². The SMILES string of the molecule is CC[C@H](C)[C@H](NC(=O)N1CCCCCC1)C(=O)OC. The minimum atomic E-state index is -0.550. The summed E-state index contributed by atoms with van der Waals surface area (Å²) < 4.78 is 4.78. The van der Waals surface area contributed by atoms with E-state index < -0.39 is 6.04 Å². The molecular weight excluding hydrogens is 244 g/mol. The highest BCUT2D eigenvalue weighted by molar-refractivity contribution is 5.83. The number of urea groups is 1. The Hall–Kier alpha value is -1.26. The maximum absolute atomic E-state index is 12.2. The molecule has 1 saturated heterocycles. The number of rotatable bonds is 4. The van der Waals surface area contributed by atoms with E-state index in [2.05, 4.69) is 5.32 Å². The first kappa shape index (κ1) is 15.8. The van der Waals surface area contributed by atoms with Crippen LogP contribution in [-0.2, 0) is 9.53 Å². The lowest BCUT2D eigenvalue weighted by atomic mass is 9.99. The molecule has 2 atom stereocenters. The fraction of sp³-hybridized carbons (Fsp3) is 0.857. The molecule has 0 spiro atoms. The molecule has 110 valence electrons. The van der Waals surface area contributed by atoms with Crippen molar-refractivity contribution in [1.29, 1.82) is 0 Å². The van der Waals surface area contributed by atoms with Crippen molar-refractivity contribution < 1.29 is 14.3 Å². The third-order valence-electron chi connectivity index (χ3n) is 3.84. The highest BCUT2D eigenvalue weighted by Crippen LogP contribution is 2.12. The second-order valence-electron chi connectivity index (χ2n) is 5.24. The summed E-state index contributed by atoms with van der Waals surface area (Å²) in [4.78, 5) is 25.8. The Bertz CT molecular complexity index is 299. The molecule has 0 bridgehead atoms. The van der Waals surface area contributed by atoms with E-state index in [1.165, 1.54) is 20.0 Å². The van der Waals surface area contributed by atoms with Crippen molar-refractivity contribution in [2.75, 3.05) is 20.2 Å². The van der Waals surface area contributed by atoms with Crippen LogP contribution in [0, 0.1) is 5.92 Å². The van der Waals surface area contributed by atoms with Gasteiger partial charge in [-0.05, 0) is 18.8 Å². The maximum atomic E-state index is 12.2. The Balaban J connectivity index is 2.61. The molecule has 1 heterocycles. The zero-order valence-electron chi connectivity index (χ0n) is 12.3. The van der Waals surface area contributed by atoms with Crippen LogP contribution in [0.25, 0.3) is 0 Å². The van der Waals surface area contributed by atoms with E-state index in [0.29, 0.717) is 0 Å². The first-order chi connectivity index (χ1) is 9.10. The van der Waals surface area contributed by atoms with Gasteiger partial charge in [0.2, 0.25) is 0 Å². The van der Waals surface area contributed by atoms with Gasteiger partial charge in [-0.1, -0.05) is 33.1 Å². The normalized spacial score (nSPS) is 19.2. The van der Waals surface area contributed by atoms with Crippen LogP contribution in [0.4, 0.5) is 4.79 Å². The van der Waals surface area contributed by atoms with Crippen LogP contribution in [0.2, 0.25) is 0 Å². The van der Waals surface area contributed by atoms with E-state index in [-0.39, 0.29) is 17.9 Å². The number of likely N-dealkylation sites (tertiary alicyclic amines) is 1. The lowest BCUT2D eigenvalue weighted by Gasteiger charge is -2.26. The summed E-state index contributed by atoms with van der Waals surface area (Å²) in [5.41, 5.74) is 0. The lowest BCUT2D eigenvalue weighted by molar-refractivity contribution is -0.144. The number of nitrogens with zero attached hydrogens (tertiary/aromatic N) is 1. The van der Waals surface area contributed by atoms with E-state index in [1.807, 2.05) is 18.7 Å². The molecule has 0 aromatic heterocycles. The van der Waals surface area contributed by atoms with Gasteiger partial charge in [0.1, 0.15) is 6.04 Å². The van der Waals surface area contributed by atoms with Crippen molar-refractivity contribution in [2.45, 2.75) is 52.0 Å². The first-order valence-corrected chi connectivity index (χ1v) is 7.23. The number of amides is 2. The minimum Gasteiger partial charge on any atom is -0.467 e. The van der Waals surface area contributed by atoms with Crippen molar-refractivity contribution in [3.63, 3.8) is 0 Å². The van der Waals surface area contributed by atoms with Crippen molar-refractivity contribution >= 4 is 12.0 Å². The molecular formula is C14H26N2O3. The molecule has 0 unspecified atom stereocenters. The Morgan fingerprint density at radius 2 is 1.79 bits per heavy atom. The molecule has 1 fully saturated rings. The van der Waals surface area contributed by atoms with Gasteiger partial charge in [0.05, 0.1) is 7.11 Å². The first-order valence-electron chi connectivity index (χ1n) is 7.23. The van der Waals surface area contributed by atoms with E-state index in [9.17, 15) is 9.59 Å². The Kier molecular flexibility index (Phi) is 6.67. The van der Waals surface area contributed by atoms with E-state index in [4.69, 9.17) is 4.74 Å². The molecule has 0 aromatic carbocycles. The van der Waals surface area contributed by atoms with Crippen molar-refractivity contribution in [2.24, 2.45) is 5.92 Å². The number of esters is 1. The van der Waals surface area contributed by atoms with Gasteiger partial charge >= 0.3 is 12.0 Å². The summed E-state index contributed by atoms with van der Waals surface area (Å²) in [7, 11) is 1.36. The van der Waals surface area contributed by atoms with Crippen LogP contribution >= 0.6 is 0 Å². The van der Waals surface area contributed by atoms with Crippen molar-refractivity contribution in [1.82, 2.24) is 10.2 Å². The second kappa shape index (κ2) is 8.02. The van der Waals surface area contributed by atoms with Gasteiger partial charge in [-0.2, -0.15) is 0 Å². The van der Waals surface area contributed by atoms with Crippen LogP contribution < -0.4 is 5.32 Å². The topological polar surface area (TPSA) is 58.6 Å². The Labute approximate surface area is 115 Å². The molecule has 5 heteroatoms. The van der Waals surface area contributed by atoms with Crippen LogP contribution in [0.5, 0.6) is 0 Å². The molecule has 0 radical (unpaired) electrons. The predicted molar refractivity (Wildman–Crippen MR) is 73.8 cm³/mol. The van der Waals surface area contributed by atoms with Crippen molar-refractivity contribution in [3.8, 4) is 0 Å². The summed E-state index contributed by atoms with van der Waals surface area (Å²) in [5, 5.41) is 2.83. The number of carbonyl (C=O) groups excluding carboxylic acids is 2. The summed E-state index contributed by atoms with van der Waals surface area (Å²) in [6, 6.07) is -0.691. The summed E-state index contributed by atoms with van der Waals surface area (Å²) >= 11 is 0. The largest absolute Gasteiger partial charge is 0.467 e. The third kappa shape index (κ3) is 4.73. The predicted octanol–water partition coefficient (Wildman–Crippen LogP) is 2.16. The van der Waals surface area contributed by atoms with Crippen LogP contribution in [0.15, 0.2) is 0 Å². The molecule has 1 aliphatic heterocycles. The molecule has 19 heavy (non-hydrogen) atoms. The van der Waals surface area contributed by atoms with Crippen LogP contribution in [0.3, 0.4) is 0 Å². The van der Waals surface area contributed by atoms with Gasteiger partial charge in [-0.25, -0.2) is 9.59 Å². The van der Waals surface area contributed by atoms with E-state index in [0.717, 1.165) is 32.4 Å². The molecule has 0 saturated carbocycles. The lowest BCUT2D eigenvalue weighted by Crippen LogP contribution is -2.51. The highest BCUT2D eigenvalue weighted by Gasteiger charge is 2.28. The van der Waals surface area contributed by atoms with Gasteiger partial charge in [0, 0.05) is 13.1 Å². The fourth-order valence-electron chi connectivity index (χ4n) is 2.29. The van der Waals surface area contributed by atoms with E-state index in [1.54, 1.807) is 0 Å². The van der Waals surface area contributed by atoms with Gasteiger partial charge in [-0.3, -0.25) is 0 Å². The Morgan fingerprint density at radius 1 is 1.21 bits per heavy atom. The van der Waals surface area contributed by atoms with Gasteiger partial charge in [0.25, 0.3) is 0 Å².